The Morgan fingerprint density at radius 3 is 2.46 bits per heavy atom. The van der Waals surface area contributed by atoms with Gasteiger partial charge in [-0.05, 0) is 95.2 Å². The van der Waals surface area contributed by atoms with Crippen molar-refractivity contribution in [3.05, 3.63) is 59.8 Å². The summed E-state index contributed by atoms with van der Waals surface area (Å²) in [4.78, 5) is 23.6. The molecule has 0 bridgehead atoms. The van der Waals surface area contributed by atoms with Gasteiger partial charge in [0, 0.05) is 29.7 Å². The highest BCUT2D eigenvalue weighted by Gasteiger charge is 2.21. The maximum atomic E-state index is 12.2. The van der Waals surface area contributed by atoms with Gasteiger partial charge in [-0.25, -0.2) is 14.8 Å². The third kappa shape index (κ3) is 6.70. The highest BCUT2D eigenvalue weighted by atomic mass is 16.6. The molecule has 1 aliphatic rings. The molecule has 35 heavy (non-hydrogen) atoms. The van der Waals surface area contributed by atoms with Crippen LogP contribution in [0.25, 0.3) is 11.3 Å². The van der Waals surface area contributed by atoms with Crippen molar-refractivity contribution in [1.29, 1.82) is 0 Å². The molecule has 2 aromatic carbocycles. The molecule has 184 valence electrons. The van der Waals surface area contributed by atoms with Crippen LogP contribution in [0, 0.1) is 0 Å². The van der Waals surface area contributed by atoms with E-state index in [4.69, 9.17) is 14.5 Å². The van der Waals surface area contributed by atoms with E-state index in [2.05, 4.69) is 20.5 Å². The fourth-order valence-electron chi connectivity index (χ4n) is 3.78. The van der Waals surface area contributed by atoms with Crippen molar-refractivity contribution < 1.29 is 14.3 Å². The number of ether oxygens (including phenoxy) is 2. The van der Waals surface area contributed by atoms with E-state index in [0.717, 1.165) is 47.6 Å². The number of likely N-dealkylation sites (N-methyl/N-ethyl adjacent to an activating group) is 1. The molecule has 0 aliphatic heterocycles. The summed E-state index contributed by atoms with van der Waals surface area (Å²) in [6.07, 6.45) is 3.17. The van der Waals surface area contributed by atoms with Crippen LogP contribution in [0.4, 0.5) is 22.1 Å². The summed E-state index contributed by atoms with van der Waals surface area (Å²) < 4.78 is 11.1. The molecule has 0 fully saturated rings. The maximum Gasteiger partial charge on any atom is 0.412 e. The molecule has 0 saturated heterocycles. The molecule has 0 radical (unpaired) electrons. The Labute approximate surface area is 206 Å². The molecular weight excluding hydrogens is 442 g/mol. The number of benzene rings is 2. The van der Waals surface area contributed by atoms with Gasteiger partial charge < -0.3 is 19.7 Å². The number of fused-ring (bicyclic) bond motifs is 3. The smallest absolute Gasteiger partial charge is 0.412 e. The minimum Gasteiger partial charge on any atom is -0.492 e. The quantitative estimate of drug-likeness (QED) is 0.481. The molecule has 3 aromatic rings. The number of rotatable bonds is 7. The van der Waals surface area contributed by atoms with Gasteiger partial charge in [-0.3, -0.25) is 5.32 Å². The second-order valence-electron chi connectivity index (χ2n) is 9.87. The molecule has 1 aliphatic carbocycles. The molecule has 0 atom stereocenters. The third-order valence-electron chi connectivity index (χ3n) is 5.46. The van der Waals surface area contributed by atoms with Crippen LogP contribution in [0.1, 0.15) is 31.9 Å². The van der Waals surface area contributed by atoms with Crippen LogP contribution in [-0.2, 0) is 17.6 Å². The highest BCUT2D eigenvalue weighted by molar-refractivity contribution is 5.87. The number of carbonyl (C=O) groups excluding carboxylic acids is 1. The molecular formula is C27H33N5O3. The number of carbonyl (C=O) groups is 1. The number of nitrogens with one attached hydrogen (secondary N) is 2. The average molecular weight is 476 g/mol. The van der Waals surface area contributed by atoms with Crippen LogP contribution < -0.4 is 15.4 Å². The topological polar surface area (TPSA) is 88.6 Å². The molecule has 1 aromatic heterocycles. The van der Waals surface area contributed by atoms with Crippen molar-refractivity contribution in [1.82, 2.24) is 14.9 Å². The van der Waals surface area contributed by atoms with E-state index >= 15 is 0 Å². The Bertz CT molecular complexity index is 1190. The van der Waals surface area contributed by atoms with Gasteiger partial charge in [-0.1, -0.05) is 6.07 Å². The monoisotopic (exact) mass is 475 g/mol. The Morgan fingerprint density at radius 1 is 1.03 bits per heavy atom. The first-order valence-electron chi connectivity index (χ1n) is 11.8. The summed E-state index contributed by atoms with van der Waals surface area (Å²) in [6, 6.07) is 13.6. The maximum absolute atomic E-state index is 12.2. The van der Waals surface area contributed by atoms with Crippen molar-refractivity contribution in [2.75, 3.05) is 37.9 Å². The predicted octanol–water partition coefficient (Wildman–Crippen LogP) is 5.27. The van der Waals surface area contributed by atoms with Gasteiger partial charge in [0.15, 0.2) is 0 Å². The molecule has 4 rings (SSSR count). The summed E-state index contributed by atoms with van der Waals surface area (Å²) in [6.45, 7) is 7.02. The SMILES string of the molecule is CN(C)CCOc1ccc(Nc2ncc3c(n2)-c2cc(NC(=O)OC(C)(C)C)ccc2CC3)cc1. The van der Waals surface area contributed by atoms with Crippen molar-refractivity contribution in [3.63, 3.8) is 0 Å². The normalized spacial score (nSPS) is 12.5. The summed E-state index contributed by atoms with van der Waals surface area (Å²) in [5.41, 5.74) is 5.13. The summed E-state index contributed by atoms with van der Waals surface area (Å²) >= 11 is 0. The van der Waals surface area contributed by atoms with Crippen LogP contribution in [0.15, 0.2) is 48.7 Å². The molecule has 8 heteroatoms. The number of amides is 1. The lowest BCUT2D eigenvalue weighted by Crippen LogP contribution is -2.27. The molecule has 1 heterocycles. The number of nitrogens with zero attached hydrogens (tertiary/aromatic N) is 3. The van der Waals surface area contributed by atoms with E-state index in [1.54, 1.807) is 0 Å². The van der Waals surface area contributed by atoms with E-state index < -0.39 is 11.7 Å². The first kappa shape index (κ1) is 24.5. The number of hydrogen-bond donors (Lipinski definition) is 2. The Kier molecular flexibility index (Phi) is 7.21. The standard InChI is InChI=1S/C27H33N5O3/c1-27(2,3)35-26(33)30-21-9-8-18-6-7-19-17-28-25(31-24(19)23(18)16-21)29-20-10-12-22(13-11-20)34-15-14-32(4)5/h8-13,16-17H,6-7,14-15H2,1-5H3,(H,30,33)(H,28,29,31). The fourth-order valence-corrected chi connectivity index (χ4v) is 3.78. The number of aromatic nitrogens is 2. The lowest BCUT2D eigenvalue weighted by atomic mass is 9.89. The Morgan fingerprint density at radius 2 is 1.74 bits per heavy atom. The van der Waals surface area contributed by atoms with Crippen LogP contribution in [0.2, 0.25) is 0 Å². The predicted molar refractivity (Wildman–Crippen MR) is 139 cm³/mol. The third-order valence-corrected chi connectivity index (χ3v) is 5.46. The fraction of sp³-hybridized carbons (Fsp3) is 0.370. The van der Waals surface area contributed by atoms with Crippen molar-refractivity contribution in [3.8, 4) is 17.0 Å². The first-order chi connectivity index (χ1) is 16.7. The van der Waals surface area contributed by atoms with Gasteiger partial charge in [0.05, 0.1) is 5.69 Å². The lowest BCUT2D eigenvalue weighted by molar-refractivity contribution is 0.0636. The Hall–Kier alpha value is -3.65. The van der Waals surface area contributed by atoms with E-state index in [0.29, 0.717) is 18.2 Å². The largest absolute Gasteiger partial charge is 0.492 e. The molecule has 2 N–H and O–H groups in total. The van der Waals surface area contributed by atoms with Gasteiger partial charge in [0.2, 0.25) is 5.95 Å². The highest BCUT2D eigenvalue weighted by Crippen LogP contribution is 2.34. The van der Waals surface area contributed by atoms with Gasteiger partial charge in [-0.15, -0.1) is 0 Å². The molecule has 1 amide bonds. The molecule has 0 spiro atoms. The van der Waals surface area contributed by atoms with Gasteiger partial charge >= 0.3 is 6.09 Å². The number of anilines is 3. The van der Waals surface area contributed by atoms with Gasteiger partial charge in [-0.2, -0.15) is 0 Å². The lowest BCUT2D eigenvalue weighted by Gasteiger charge is -2.22. The van der Waals surface area contributed by atoms with E-state index in [1.807, 2.05) is 83.5 Å². The minimum absolute atomic E-state index is 0.479. The summed E-state index contributed by atoms with van der Waals surface area (Å²) in [5, 5.41) is 6.11. The zero-order valence-electron chi connectivity index (χ0n) is 21.0. The van der Waals surface area contributed by atoms with Crippen molar-refractivity contribution in [2.45, 2.75) is 39.2 Å². The van der Waals surface area contributed by atoms with Crippen LogP contribution in [-0.4, -0.2) is 53.8 Å². The van der Waals surface area contributed by atoms with Crippen LogP contribution >= 0.6 is 0 Å². The number of hydrogen-bond acceptors (Lipinski definition) is 7. The second kappa shape index (κ2) is 10.3. The van der Waals surface area contributed by atoms with E-state index in [-0.39, 0.29) is 0 Å². The van der Waals surface area contributed by atoms with Gasteiger partial charge in [0.25, 0.3) is 0 Å². The van der Waals surface area contributed by atoms with E-state index in [9.17, 15) is 4.79 Å². The average Bonchev–Trinajstić information content (AvgIpc) is 2.78. The molecule has 0 unspecified atom stereocenters. The molecule has 0 saturated carbocycles. The Balaban J connectivity index is 1.49. The van der Waals surface area contributed by atoms with Gasteiger partial charge in [0.1, 0.15) is 18.0 Å². The number of aryl methyl sites for hydroxylation is 2. The van der Waals surface area contributed by atoms with Crippen LogP contribution in [0.3, 0.4) is 0 Å². The van der Waals surface area contributed by atoms with Crippen LogP contribution in [0.5, 0.6) is 5.75 Å². The zero-order chi connectivity index (χ0) is 25.0. The first-order valence-corrected chi connectivity index (χ1v) is 11.8. The second-order valence-corrected chi connectivity index (χ2v) is 9.87. The van der Waals surface area contributed by atoms with Crippen molar-refractivity contribution in [2.24, 2.45) is 0 Å². The van der Waals surface area contributed by atoms with E-state index in [1.165, 1.54) is 5.56 Å². The molecule has 8 nitrogen and oxygen atoms in total. The van der Waals surface area contributed by atoms with Crippen molar-refractivity contribution >= 4 is 23.4 Å². The summed E-state index contributed by atoms with van der Waals surface area (Å²) in [7, 11) is 4.04. The summed E-state index contributed by atoms with van der Waals surface area (Å²) in [5.74, 6) is 1.34. The zero-order valence-corrected chi connectivity index (χ0v) is 21.0. The minimum atomic E-state index is -0.560.